The van der Waals surface area contributed by atoms with Crippen molar-refractivity contribution >= 4 is 29.1 Å². The molecule has 2 heterocycles. The van der Waals surface area contributed by atoms with Crippen LogP contribution in [-0.4, -0.2) is 47.1 Å². The summed E-state index contributed by atoms with van der Waals surface area (Å²) >= 11 is 6.01. The van der Waals surface area contributed by atoms with Gasteiger partial charge in [0.05, 0.1) is 12.7 Å². The Kier molecular flexibility index (Phi) is 6.93. The van der Waals surface area contributed by atoms with Gasteiger partial charge in [-0.3, -0.25) is 9.59 Å². The van der Waals surface area contributed by atoms with E-state index in [0.29, 0.717) is 53.2 Å². The largest absolute Gasteiger partial charge is 0.496 e. The second kappa shape index (κ2) is 10.0. The lowest BCUT2D eigenvalue weighted by atomic mass is 9.96. The molecule has 9 heteroatoms. The third-order valence-corrected chi connectivity index (χ3v) is 5.93. The summed E-state index contributed by atoms with van der Waals surface area (Å²) in [5.74, 6) is 1.43. The van der Waals surface area contributed by atoms with Crippen molar-refractivity contribution < 1.29 is 18.8 Å². The lowest BCUT2D eigenvalue weighted by Gasteiger charge is -2.30. The third-order valence-electron chi connectivity index (χ3n) is 5.69. The van der Waals surface area contributed by atoms with Crippen molar-refractivity contribution in [2.24, 2.45) is 0 Å². The number of carbonyl (C=O) groups excluding carboxylic acids is 2. The van der Waals surface area contributed by atoms with Gasteiger partial charge in [0.1, 0.15) is 5.75 Å². The Morgan fingerprint density at radius 2 is 2.00 bits per heavy atom. The predicted octanol–water partition coefficient (Wildman–Crippen LogP) is 4.77. The van der Waals surface area contributed by atoms with Gasteiger partial charge in [-0.2, -0.15) is 4.98 Å². The van der Waals surface area contributed by atoms with E-state index >= 15 is 0 Å². The number of nitrogens with zero attached hydrogens (tertiary/aromatic N) is 3. The number of carbonyl (C=O) groups is 2. The third kappa shape index (κ3) is 5.17. The zero-order chi connectivity index (χ0) is 23.4. The van der Waals surface area contributed by atoms with Crippen LogP contribution in [-0.2, 0) is 4.79 Å². The first-order chi connectivity index (χ1) is 16.0. The van der Waals surface area contributed by atoms with Gasteiger partial charge in [-0.05, 0) is 43.2 Å². The predicted molar refractivity (Wildman–Crippen MR) is 125 cm³/mol. The highest BCUT2D eigenvalue weighted by atomic mass is 35.5. The van der Waals surface area contributed by atoms with Gasteiger partial charge < -0.3 is 19.5 Å². The first-order valence-electron chi connectivity index (χ1n) is 10.8. The van der Waals surface area contributed by atoms with E-state index in [9.17, 15) is 9.59 Å². The van der Waals surface area contributed by atoms with E-state index in [0.717, 1.165) is 18.4 Å². The van der Waals surface area contributed by atoms with Crippen LogP contribution in [0.4, 0.5) is 5.69 Å². The molecule has 1 fully saturated rings. The molecule has 4 rings (SSSR count). The van der Waals surface area contributed by atoms with Crippen LogP contribution in [0, 0.1) is 0 Å². The van der Waals surface area contributed by atoms with Crippen LogP contribution in [0.1, 0.15) is 48.4 Å². The smallest absolute Gasteiger partial charge is 0.257 e. The molecule has 0 radical (unpaired) electrons. The topological polar surface area (TPSA) is 97.6 Å². The summed E-state index contributed by atoms with van der Waals surface area (Å²) in [6, 6.07) is 12.4. The number of hydrogen-bond donors (Lipinski definition) is 1. The number of amides is 2. The normalized spacial score (nSPS) is 14.2. The Labute approximate surface area is 196 Å². The molecule has 1 aromatic heterocycles. The molecule has 8 nitrogen and oxygen atoms in total. The van der Waals surface area contributed by atoms with Gasteiger partial charge in [0.15, 0.2) is 0 Å². The van der Waals surface area contributed by atoms with Crippen molar-refractivity contribution in [1.82, 2.24) is 15.0 Å². The first kappa shape index (κ1) is 22.8. The van der Waals surface area contributed by atoms with E-state index in [1.807, 2.05) is 24.3 Å². The van der Waals surface area contributed by atoms with E-state index in [2.05, 4.69) is 15.5 Å². The van der Waals surface area contributed by atoms with Crippen molar-refractivity contribution in [3.8, 4) is 17.1 Å². The van der Waals surface area contributed by atoms with E-state index in [1.165, 1.54) is 7.11 Å². The van der Waals surface area contributed by atoms with E-state index < -0.39 is 0 Å². The zero-order valence-corrected chi connectivity index (χ0v) is 19.3. The molecule has 0 atom stereocenters. The standard InChI is InChI=1S/C24H25ClN4O4/c1-3-21(30)26-18-6-4-5-16(13-18)22-27-23(33-28-22)15-9-11-29(12-10-15)24(31)19-8-7-17(25)14-20(19)32-2/h4-8,13-15H,3,9-12H2,1-2H3,(H,26,30). The van der Waals surface area contributed by atoms with Crippen molar-refractivity contribution in [3.63, 3.8) is 0 Å². The number of ether oxygens (including phenoxy) is 1. The number of piperidine rings is 1. The SMILES string of the molecule is CCC(=O)Nc1cccc(-c2noc(C3CCN(C(=O)c4ccc(Cl)cc4OC)CC3)n2)c1. The quantitative estimate of drug-likeness (QED) is 0.559. The molecule has 1 N–H and O–H groups in total. The number of halogens is 1. The molecular weight excluding hydrogens is 444 g/mol. The molecule has 0 spiro atoms. The molecule has 3 aromatic rings. The molecule has 172 valence electrons. The van der Waals surface area contributed by atoms with Crippen molar-refractivity contribution in [3.05, 3.63) is 58.9 Å². The highest BCUT2D eigenvalue weighted by Gasteiger charge is 2.29. The summed E-state index contributed by atoms with van der Waals surface area (Å²) in [5, 5.41) is 7.48. The number of hydrogen-bond acceptors (Lipinski definition) is 6. The first-order valence-corrected chi connectivity index (χ1v) is 11.2. The minimum atomic E-state index is -0.0841. The van der Waals surface area contributed by atoms with Gasteiger partial charge in [0.2, 0.25) is 17.6 Å². The van der Waals surface area contributed by atoms with Crippen molar-refractivity contribution in [1.29, 1.82) is 0 Å². The molecule has 2 amide bonds. The summed E-state index contributed by atoms with van der Waals surface area (Å²) in [7, 11) is 1.52. The minimum absolute atomic E-state index is 0.0570. The number of methoxy groups -OCH3 is 1. The number of anilines is 1. The fourth-order valence-electron chi connectivity index (χ4n) is 3.85. The van der Waals surface area contributed by atoms with Crippen LogP contribution in [0.2, 0.25) is 5.02 Å². The maximum Gasteiger partial charge on any atom is 0.257 e. The molecule has 33 heavy (non-hydrogen) atoms. The number of nitrogens with one attached hydrogen (secondary N) is 1. The van der Waals surface area contributed by atoms with Gasteiger partial charge in [-0.25, -0.2) is 0 Å². The average molecular weight is 469 g/mol. The van der Waals surface area contributed by atoms with Crippen molar-refractivity contribution in [2.45, 2.75) is 32.1 Å². The van der Waals surface area contributed by atoms with Crippen LogP contribution >= 0.6 is 11.6 Å². The highest BCUT2D eigenvalue weighted by molar-refractivity contribution is 6.30. The van der Waals surface area contributed by atoms with Gasteiger partial charge in [-0.1, -0.05) is 35.8 Å². The molecule has 0 saturated carbocycles. The fourth-order valence-corrected chi connectivity index (χ4v) is 4.01. The lowest BCUT2D eigenvalue weighted by molar-refractivity contribution is -0.115. The second-order valence-corrected chi connectivity index (χ2v) is 8.29. The molecule has 1 aliphatic rings. The van der Waals surface area contributed by atoms with Crippen LogP contribution in [0.25, 0.3) is 11.4 Å². The summed E-state index contributed by atoms with van der Waals surface area (Å²) in [6.45, 7) is 2.95. The van der Waals surface area contributed by atoms with E-state index in [1.54, 1.807) is 30.0 Å². The number of benzene rings is 2. The van der Waals surface area contributed by atoms with Crippen LogP contribution < -0.4 is 10.1 Å². The summed E-state index contributed by atoms with van der Waals surface area (Å²) < 4.78 is 10.9. The Hall–Kier alpha value is -3.39. The van der Waals surface area contributed by atoms with Gasteiger partial charge in [0.25, 0.3) is 5.91 Å². The monoisotopic (exact) mass is 468 g/mol. The van der Waals surface area contributed by atoms with Gasteiger partial charge in [0, 0.05) is 41.7 Å². The van der Waals surface area contributed by atoms with Gasteiger partial charge >= 0.3 is 0 Å². The van der Waals surface area contributed by atoms with Crippen molar-refractivity contribution in [2.75, 3.05) is 25.5 Å². The Morgan fingerprint density at radius 3 is 2.73 bits per heavy atom. The maximum absolute atomic E-state index is 13.0. The average Bonchev–Trinajstić information content (AvgIpc) is 3.34. The summed E-state index contributed by atoms with van der Waals surface area (Å²) in [4.78, 5) is 31.0. The molecule has 0 aliphatic carbocycles. The Morgan fingerprint density at radius 1 is 1.21 bits per heavy atom. The fraction of sp³-hybridized carbons (Fsp3) is 0.333. The minimum Gasteiger partial charge on any atom is -0.496 e. The van der Waals surface area contributed by atoms with E-state index in [-0.39, 0.29) is 17.7 Å². The Balaban J connectivity index is 1.41. The molecule has 0 unspecified atom stereocenters. The maximum atomic E-state index is 13.0. The molecule has 1 aliphatic heterocycles. The molecule has 1 saturated heterocycles. The highest BCUT2D eigenvalue weighted by Crippen LogP contribution is 2.31. The van der Waals surface area contributed by atoms with E-state index in [4.69, 9.17) is 20.9 Å². The van der Waals surface area contributed by atoms with Crippen LogP contribution in [0.15, 0.2) is 47.0 Å². The number of likely N-dealkylation sites (tertiary alicyclic amines) is 1. The Bertz CT molecular complexity index is 1150. The summed E-state index contributed by atoms with van der Waals surface area (Å²) in [6.07, 6.45) is 1.84. The van der Waals surface area contributed by atoms with Gasteiger partial charge in [-0.15, -0.1) is 0 Å². The molecule has 2 aromatic carbocycles. The second-order valence-electron chi connectivity index (χ2n) is 7.85. The van der Waals surface area contributed by atoms with Crippen LogP contribution in [0.3, 0.4) is 0 Å². The molecular formula is C24H25ClN4O4. The lowest BCUT2D eigenvalue weighted by Crippen LogP contribution is -2.38. The summed E-state index contributed by atoms with van der Waals surface area (Å²) in [5.41, 5.74) is 1.95. The number of aromatic nitrogens is 2. The van der Waals surface area contributed by atoms with Crippen LogP contribution in [0.5, 0.6) is 5.75 Å². The molecule has 0 bridgehead atoms. The number of rotatable bonds is 6. The zero-order valence-electron chi connectivity index (χ0n) is 18.5.